The molecule has 0 saturated heterocycles. The minimum absolute atomic E-state index is 0.0487. The second-order valence-corrected chi connectivity index (χ2v) is 7.38. The monoisotopic (exact) mass is 382 g/mol. The highest BCUT2D eigenvalue weighted by molar-refractivity contribution is 7.17. The van der Waals surface area contributed by atoms with Crippen molar-refractivity contribution in [2.24, 2.45) is 5.73 Å². The molecule has 0 fully saturated rings. The molecule has 138 valence electrons. The Morgan fingerprint density at radius 3 is 2.67 bits per heavy atom. The zero-order valence-electron chi connectivity index (χ0n) is 15.0. The van der Waals surface area contributed by atoms with Crippen LogP contribution in [-0.4, -0.2) is 18.6 Å². The summed E-state index contributed by atoms with van der Waals surface area (Å²) in [4.78, 5) is 15.4. The third-order valence-electron chi connectivity index (χ3n) is 4.86. The van der Waals surface area contributed by atoms with Crippen LogP contribution < -0.4 is 16.0 Å². The maximum atomic E-state index is 13.9. The summed E-state index contributed by atoms with van der Waals surface area (Å²) in [7, 11) is 1.63. The Morgan fingerprint density at radius 2 is 2.00 bits per heavy atom. The van der Waals surface area contributed by atoms with E-state index in [1.54, 1.807) is 19.2 Å². The predicted octanol–water partition coefficient (Wildman–Crippen LogP) is 4.70. The molecular formula is C21H19FN2O2S. The number of alkyl halides is 1. The summed E-state index contributed by atoms with van der Waals surface area (Å²) in [6, 6.07) is 11.1. The van der Waals surface area contributed by atoms with Gasteiger partial charge >= 0.3 is 0 Å². The van der Waals surface area contributed by atoms with Crippen molar-refractivity contribution in [3.8, 4) is 16.9 Å². The van der Waals surface area contributed by atoms with Gasteiger partial charge in [0.05, 0.1) is 12.6 Å². The van der Waals surface area contributed by atoms with Crippen molar-refractivity contribution in [2.45, 2.75) is 13.1 Å². The van der Waals surface area contributed by atoms with E-state index in [1.165, 1.54) is 11.3 Å². The molecule has 0 radical (unpaired) electrons. The quantitative estimate of drug-likeness (QED) is 0.538. The molecule has 0 saturated carbocycles. The number of fused-ring (bicyclic) bond motifs is 3. The molecule has 3 N–H and O–H groups in total. The van der Waals surface area contributed by atoms with Crippen LogP contribution in [0.1, 0.15) is 17.3 Å². The minimum atomic E-state index is -1.18. The second-order valence-electron chi connectivity index (χ2n) is 6.46. The van der Waals surface area contributed by atoms with Crippen LogP contribution in [0.2, 0.25) is 0 Å². The lowest BCUT2D eigenvalue weighted by Gasteiger charge is -2.16. The van der Waals surface area contributed by atoms with E-state index in [4.69, 9.17) is 10.5 Å². The van der Waals surface area contributed by atoms with Gasteiger partial charge in [-0.3, -0.25) is 4.79 Å². The van der Waals surface area contributed by atoms with E-state index < -0.39 is 6.17 Å². The number of H-pyrrole nitrogens is 1. The van der Waals surface area contributed by atoms with Gasteiger partial charge in [0.25, 0.3) is 5.56 Å². The van der Waals surface area contributed by atoms with Crippen molar-refractivity contribution in [2.75, 3.05) is 13.7 Å². The summed E-state index contributed by atoms with van der Waals surface area (Å²) >= 11 is 1.41. The van der Waals surface area contributed by atoms with Gasteiger partial charge in [0, 0.05) is 22.9 Å². The number of thiophene rings is 1. The number of aromatic amines is 1. The molecule has 1 unspecified atom stereocenters. The normalized spacial score (nSPS) is 12.6. The number of ether oxygens (including phenoxy) is 1. The van der Waals surface area contributed by atoms with Crippen molar-refractivity contribution in [1.29, 1.82) is 0 Å². The Morgan fingerprint density at radius 1 is 1.26 bits per heavy atom. The Kier molecular flexibility index (Phi) is 4.45. The Hall–Kier alpha value is -2.70. The molecule has 0 amide bonds. The number of hydrogen-bond donors (Lipinski definition) is 2. The highest BCUT2D eigenvalue weighted by Gasteiger charge is 2.18. The number of nitrogens with one attached hydrogen (secondary N) is 1. The minimum Gasteiger partial charge on any atom is -0.496 e. The molecule has 2 aromatic carbocycles. The molecule has 0 aliphatic rings. The largest absolute Gasteiger partial charge is 0.496 e. The van der Waals surface area contributed by atoms with Gasteiger partial charge in [-0.25, -0.2) is 4.39 Å². The van der Waals surface area contributed by atoms with Crippen LogP contribution in [0.5, 0.6) is 5.75 Å². The van der Waals surface area contributed by atoms with Crippen LogP contribution in [0.15, 0.2) is 46.6 Å². The van der Waals surface area contributed by atoms with E-state index in [-0.39, 0.29) is 12.1 Å². The number of nitrogens with two attached hydrogens (primary N) is 1. The topological polar surface area (TPSA) is 68.1 Å². The predicted molar refractivity (Wildman–Crippen MR) is 110 cm³/mol. The first-order valence-corrected chi connectivity index (χ1v) is 9.48. The van der Waals surface area contributed by atoms with Crippen molar-refractivity contribution in [3.05, 3.63) is 63.3 Å². The van der Waals surface area contributed by atoms with Gasteiger partial charge in [-0.15, -0.1) is 11.3 Å². The first kappa shape index (κ1) is 17.7. The standard InChI is InChI=1S/C21H19FN2O2S/c1-11-9-16(26-2)17(13-5-3-12(4-6-13)15(22)10-23)18-14-7-8-27-20(14)21(25)24-19(11)18/h3-9,15H,10,23H2,1-2H3,(H,24,25). The third-order valence-corrected chi connectivity index (χ3v) is 5.77. The third kappa shape index (κ3) is 2.81. The first-order valence-electron chi connectivity index (χ1n) is 8.60. The lowest BCUT2D eigenvalue weighted by atomic mass is 9.94. The maximum Gasteiger partial charge on any atom is 0.266 e. The molecule has 0 aliphatic carbocycles. The van der Waals surface area contributed by atoms with Crippen molar-refractivity contribution in [3.63, 3.8) is 0 Å². The number of aryl methyl sites for hydroxylation is 1. The van der Waals surface area contributed by atoms with E-state index in [9.17, 15) is 9.18 Å². The fourth-order valence-corrected chi connectivity index (χ4v) is 4.31. The molecule has 4 nitrogen and oxygen atoms in total. The van der Waals surface area contributed by atoms with Crippen LogP contribution in [0, 0.1) is 6.92 Å². The molecule has 6 heteroatoms. The average molecular weight is 382 g/mol. The fraction of sp³-hybridized carbons (Fsp3) is 0.190. The van der Waals surface area contributed by atoms with Gasteiger partial charge in [-0.2, -0.15) is 0 Å². The van der Waals surface area contributed by atoms with Crippen molar-refractivity contribution < 1.29 is 9.13 Å². The average Bonchev–Trinajstić information content (AvgIpc) is 3.18. The Bertz CT molecular complexity index is 1190. The maximum absolute atomic E-state index is 13.9. The molecule has 2 aromatic heterocycles. The van der Waals surface area contributed by atoms with Gasteiger partial charge in [0.2, 0.25) is 0 Å². The molecule has 2 heterocycles. The molecule has 4 aromatic rings. The lowest BCUT2D eigenvalue weighted by Crippen LogP contribution is -2.07. The highest BCUT2D eigenvalue weighted by Crippen LogP contribution is 2.41. The zero-order chi connectivity index (χ0) is 19.1. The Balaban J connectivity index is 2.08. The molecule has 4 rings (SSSR count). The molecule has 0 bridgehead atoms. The van der Waals surface area contributed by atoms with Crippen LogP contribution >= 0.6 is 11.3 Å². The molecule has 27 heavy (non-hydrogen) atoms. The number of pyridine rings is 1. The van der Waals surface area contributed by atoms with E-state index in [0.717, 1.165) is 33.0 Å². The highest BCUT2D eigenvalue weighted by atomic mass is 32.1. The summed E-state index contributed by atoms with van der Waals surface area (Å²) in [6.07, 6.45) is -1.18. The number of methoxy groups -OCH3 is 1. The van der Waals surface area contributed by atoms with E-state index in [0.29, 0.717) is 16.0 Å². The summed E-state index contributed by atoms with van der Waals surface area (Å²) in [5.74, 6) is 0.711. The SMILES string of the molecule is COc1cc(C)c2[nH]c(=O)c3sccc3c2c1-c1ccc(C(F)CN)cc1. The van der Waals surface area contributed by atoms with Crippen molar-refractivity contribution >= 4 is 32.3 Å². The summed E-state index contributed by atoms with van der Waals surface area (Å²) in [5.41, 5.74) is 9.37. The second kappa shape index (κ2) is 6.79. The summed E-state index contributed by atoms with van der Waals surface area (Å²) in [6.45, 7) is 1.90. The zero-order valence-corrected chi connectivity index (χ0v) is 15.8. The number of aromatic nitrogens is 1. The van der Waals surface area contributed by atoms with E-state index in [1.807, 2.05) is 36.6 Å². The number of hydrogen-bond acceptors (Lipinski definition) is 4. The Labute approximate surface area is 159 Å². The molecular weight excluding hydrogens is 363 g/mol. The van der Waals surface area contributed by atoms with Crippen LogP contribution in [-0.2, 0) is 0 Å². The van der Waals surface area contributed by atoms with Crippen LogP contribution in [0.25, 0.3) is 32.1 Å². The van der Waals surface area contributed by atoms with Gasteiger partial charge < -0.3 is 15.5 Å². The summed E-state index contributed by atoms with van der Waals surface area (Å²) < 4.78 is 20.2. The van der Waals surface area contributed by atoms with Crippen LogP contribution in [0.4, 0.5) is 4.39 Å². The van der Waals surface area contributed by atoms with E-state index in [2.05, 4.69) is 4.98 Å². The van der Waals surface area contributed by atoms with Gasteiger partial charge in [0.1, 0.15) is 16.6 Å². The lowest BCUT2D eigenvalue weighted by molar-refractivity contribution is 0.353. The number of benzene rings is 2. The number of rotatable bonds is 4. The first-order chi connectivity index (χ1) is 13.0. The molecule has 0 aliphatic heterocycles. The molecule has 1 atom stereocenters. The van der Waals surface area contributed by atoms with Gasteiger partial charge in [0.15, 0.2) is 0 Å². The number of halogens is 1. The van der Waals surface area contributed by atoms with Gasteiger partial charge in [-0.05, 0) is 41.1 Å². The van der Waals surface area contributed by atoms with Crippen LogP contribution in [0.3, 0.4) is 0 Å². The van der Waals surface area contributed by atoms with E-state index >= 15 is 0 Å². The summed E-state index contributed by atoms with van der Waals surface area (Å²) in [5, 5.41) is 3.74. The fourth-order valence-electron chi connectivity index (χ4n) is 3.51. The van der Waals surface area contributed by atoms with Gasteiger partial charge in [-0.1, -0.05) is 24.3 Å². The van der Waals surface area contributed by atoms with Crippen molar-refractivity contribution in [1.82, 2.24) is 4.98 Å². The molecule has 0 spiro atoms. The smallest absolute Gasteiger partial charge is 0.266 e.